The van der Waals surface area contributed by atoms with Crippen molar-refractivity contribution in [3.8, 4) is 0 Å². The molecule has 0 spiro atoms. The van der Waals surface area contributed by atoms with E-state index >= 15 is 0 Å². The number of hydrogen-bond donors (Lipinski definition) is 1. The predicted molar refractivity (Wildman–Crippen MR) is 84.1 cm³/mol. The van der Waals surface area contributed by atoms with Crippen LogP contribution in [0.4, 0.5) is 4.39 Å². The topological polar surface area (TPSA) is 20.2 Å². The van der Waals surface area contributed by atoms with Gasteiger partial charge in [0.05, 0.1) is 6.10 Å². The summed E-state index contributed by atoms with van der Waals surface area (Å²) in [6.07, 6.45) is 3.48. The average Bonchev–Trinajstić information content (AvgIpc) is 2.32. The van der Waals surface area contributed by atoms with Crippen molar-refractivity contribution in [1.29, 1.82) is 0 Å². The summed E-state index contributed by atoms with van der Waals surface area (Å²) in [5.74, 6) is 0.689. The van der Waals surface area contributed by atoms with Gasteiger partial charge in [-0.05, 0) is 54.2 Å². The van der Waals surface area contributed by atoms with Crippen LogP contribution in [0.5, 0.6) is 0 Å². The van der Waals surface area contributed by atoms with Crippen molar-refractivity contribution >= 4 is 15.9 Å². The maximum atomic E-state index is 14.0. The van der Waals surface area contributed by atoms with Crippen LogP contribution < -0.4 is 0 Å². The summed E-state index contributed by atoms with van der Waals surface area (Å²) < 4.78 is 14.8. The zero-order valence-electron chi connectivity index (χ0n) is 12.5. The number of benzene rings is 1. The third kappa shape index (κ3) is 3.62. The first-order chi connectivity index (χ1) is 9.29. The Morgan fingerprint density at radius 2 is 2.05 bits per heavy atom. The molecule has 0 bridgehead atoms. The van der Waals surface area contributed by atoms with E-state index in [0.717, 1.165) is 29.3 Å². The molecule has 1 aromatic rings. The number of halogens is 2. The van der Waals surface area contributed by atoms with E-state index in [0.29, 0.717) is 12.3 Å². The number of rotatable bonds is 3. The number of aliphatic hydroxyl groups is 1. The molecule has 0 radical (unpaired) electrons. The molecule has 0 aliphatic heterocycles. The van der Waals surface area contributed by atoms with Gasteiger partial charge in [-0.1, -0.05) is 49.2 Å². The molecule has 3 unspecified atom stereocenters. The second-order valence-corrected chi connectivity index (χ2v) is 7.91. The van der Waals surface area contributed by atoms with Crippen LogP contribution in [-0.4, -0.2) is 11.2 Å². The third-order valence-electron chi connectivity index (χ3n) is 4.74. The molecule has 1 aliphatic rings. The van der Waals surface area contributed by atoms with Crippen molar-refractivity contribution in [3.05, 3.63) is 34.1 Å². The van der Waals surface area contributed by atoms with E-state index in [4.69, 9.17) is 0 Å². The summed E-state index contributed by atoms with van der Waals surface area (Å²) in [6, 6.07) is 5.25. The fourth-order valence-corrected chi connectivity index (χ4v) is 3.88. The van der Waals surface area contributed by atoms with Crippen LogP contribution in [0.2, 0.25) is 0 Å². The van der Waals surface area contributed by atoms with E-state index in [1.54, 1.807) is 0 Å². The normalized spacial score (nSPS) is 27.6. The van der Waals surface area contributed by atoms with Crippen molar-refractivity contribution in [1.82, 2.24) is 0 Å². The first-order valence-electron chi connectivity index (χ1n) is 7.41. The van der Waals surface area contributed by atoms with Crippen molar-refractivity contribution in [3.63, 3.8) is 0 Å². The molecule has 0 aromatic heterocycles. The van der Waals surface area contributed by atoms with E-state index in [-0.39, 0.29) is 23.3 Å². The molecule has 1 saturated carbocycles. The van der Waals surface area contributed by atoms with Gasteiger partial charge in [0, 0.05) is 4.47 Å². The van der Waals surface area contributed by atoms with Gasteiger partial charge in [-0.3, -0.25) is 0 Å². The minimum absolute atomic E-state index is 0.0891. The molecule has 0 heterocycles. The quantitative estimate of drug-likeness (QED) is 0.823. The van der Waals surface area contributed by atoms with E-state index in [2.05, 4.69) is 36.7 Å². The Kier molecular flexibility index (Phi) is 4.91. The molecule has 1 N–H and O–H groups in total. The summed E-state index contributed by atoms with van der Waals surface area (Å²) in [6.45, 7) is 6.50. The molecule has 1 aliphatic carbocycles. The van der Waals surface area contributed by atoms with E-state index in [9.17, 15) is 9.50 Å². The minimum Gasteiger partial charge on any atom is -0.393 e. The third-order valence-corrected chi connectivity index (χ3v) is 5.24. The number of hydrogen-bond acceptors (Lipinski definition) is 1. The second-order valence-electron chi connectivity index (χ2n) is 6.99. The second kappa shape index (κ2) is 6.15. The Bertz CT molecular complexity index is 472. The lowest BCUT2D eigenvalue weighted by Crippen LogP contribution is -2.39. The van der Waals surface area contributed by atoms with Crippen molar-refractivity contribution in [2.45, 2.75) is 52.6 Å². The van der Waals surface area contributed by atoms with E-state index in [1.807, 2.05) is 12.1 Å². The molecule has 20 heavy (non-hydrogen) atoms. The summed E-state index contributed by atoms with van der Waals surface area (Å²) in [7, 11) is 0. The first kappa shape index (κ1) is 16.0. The summed E-state index contributed by atoms with van der Waals surface area (Å²) in [5.41, 5.74) is 0.651. The zero-order chi connectivity index (χ0) is 14.9. The fraction of sp³-hybridized carbons (Fsp3) is 0.647. The lowest BCUT2D eigenvalue weighted by Gasteiger charge is -2.42. The lowest BCUT2D eigenvalue weighted by atomic mass is 9.65. The highest BCUT2D eigenvalue weighted by Crippen LogP contribution is 2.42. The van der Waals surface area contributed by atoms with Crippen LogP contribution in [0.3, 0.4) is 0 Å². The van der Waals surface area contributed by atoms with Gasteiger partial charge in [-0.2, -0.15) is 0 Å². The predicted octanol–water partition coefficient (Wildman–Crippen LogP) is 4.95. The molecule has 3 heteroatoms. The Morgan fingerprint density at radius 3 is 2.65 bits per heavy atom. The van der Waals surface area contributed by atoms with Gasteiger partial charge in [0.2, 0.25) is 0 Å². The van der Waals surface area contributed by atoms with Gasteiger partial charge < -0.3 is 5.11 Å². The highest BCUT2D eigenvalue weighted by Gasteiger charge is 2.38. The number of aliphatic hydroxyl groups excluding tert-OH is 1. The summed E-state index contributed by atoms with van der Waals surface area (Å²) in [5, 5.41) is 10.4. The molecular weight excluding hydrogens is 319 g/mol. The van der Waals surface area contributed by atoms with Gasteiger partial charge in [0.25, 0.3) is 0 Å². The highest BCUT2D eigenvalue weighted by atomic mass is 79.9. The zero-order valence-corrected chi connectivity index (χ0v) is 14.1. The molecule has 0 saturated heterocycles. The minimum atomic E-state index is -0.257. The summed E-state index contributed by atoms with van der Waals surface area (Å²) in [4.78, 5) is 0. The standard InChI is InChI=1S/C17H24BrFO/c1-11-4-7-14(16(20)8-11)17(2,3)10-12-5-6-13(18)9-15(12)19/h5-6,9,11,14,16,20H,4,7-8,10H2,1-3H3. The van der Waals surface area contributed by atoms with Gasteiger partial charge in [-0.25, -0.2) is 4.39 Å². The average molecular weight is 343 g/mol. The van der Waals surface area contributed by atoms with Gasteiger partial charge in [-0.15, -0.1) is 0 Å². The van der Waals surface area contributed by atoms with Gasteiger partial charge in [0.1, 0.15) is 5.82 Å². The lowest BCUT2D eigenvalue weighted by molar-refractivity contribution is -0.0128. The van der Waals surface area contributed by atoms with Crippen LogP contribution in [0, 0.1) is 23.1 Å². The van der Waals surface area contributed by atoms with Crippen molar-refractivity contribution < 1.29 is 9.50 Å². The van der Waals surface area contributed by atoms with Crippen LogP contribution in [0.1, 0.15) is 45.6 Å². The molecular formula is C17H24BrFO. The molecule has 2 rings (SSSR count). The van der Waals surface area contributed by atoms with Crippen molar-refractivity contribution in [2.75, 3.05) is 0 Å². The Morgan fingerprint density at radius 1 is 1.35 bits per heavy atom. The SMILES string of the molecule is CC1CCC(C(C)(C)Cc2ccc(Br)cc2F)C(O)C1. The van der Waals surface area contributed by atoms with Gasteiger partial charge in [0.15, 0.2) is 0 Å². The maximum Gasteiger partial charge on any atom is 0.127 e. The van der Waals surface area contributed by atoms with E-state index < -0.39 is 0 Å². The maximum absolute atomic E-state index is 14.0. The molecule has 112 valence electrons. The largest absolute Gasteiger partial charge is 0.393 e. The van der Waals surface area contributed by atoms with Gasteiger partial charge >= 0.3 is 0 Å². The Hall–Kier alpha value is -0.410. The fourth-order valence-electron chi connectivity index (χ4n) is 3.55. The van der Waals surface area contributed by atoms with E-state index in [1.165, 1.54) is 6.07 Å². The molecule has 1 nitrogen and oxygen atoms in total. The Labute approximate surface area is 129 Å². The molecule has 0 amide bonds. The highest BCUT2D eigenvalue weighted by molar-refractivity contribution is 9.10. The van der Waals surface area contributed by atoms with Crippen LogP contribution in [0.15, 0.2) is 22.7 Å². The van der Waals surface area contributed by atoms with Crippen LogP contribution >= 0.6 is 15.9 Å². The molecule has 3 atom stereocenters. The smallest absolute Gasteiger partial charge is 0.127 e. The van der Waals surface area contributed by atoms with Crippen LogP contribution in [0.25, 0.3) is 0 Å². The molecule has 1 aromatic carbocycles. The first-order valence-corrected chi connectivity index (χ1v) is 8.21. The van der Waals surface area contributed by atoms with Crippen molar-refractivity contribution in [2.24, 2.45) is 17.3 Å². The Balaban J connectivity index is 2.14. The molecule has 1 fully saturated rings. The summed E-state index contributed by atoms with van der Waals surface area (Å²) >= 11 is 3.29. The van der Waals surface area contributed by atoms with Crippen LogP contribution in [-0.2, 0) is 6.42 Å². The monoisotopic (exact) mass is 342 g/mol.